The number of aromatic nitrogens is 2. The van der Waals surface area contributed by atoms with E-state index in [1.807, 2.05) is 17.9 Å². The standard InChI is InChI=1S/C16H29N7/c1-4-17-16(20(2)11-14-9-19-21(3)12-14)18-10-15-13-22-5-7-23(15)8-6-22/h9,12,15H,4-8,10-11,13H2,1-3H3,(H,17,18). The van der Waals surface area contributed by atoms with E-state index in [0.29, 0.717) is 6.04 Å². The summed E-state index contributed by atoms with van der Waals surface area (Å²) in [4.78, 5) is 12.2. The number of hydrogen-bond donors (Lipinski definition) is 1. The van der Waals surface area contributed by atoms with Crippen molar-refractivity contribution in [2.75, 3.05) is 52.9 Å². The van der Waals surface area contributed by atoms with Gasteiger partial charge in [-0.3, -0.25) is 19.5 Å². The molecule has 0 saturated carbocycles. The molecule has 0 aliphatic carbocycles. The van der Waals surface area contributed by atoms with Gasteiger partial charge in [0.15, 0.2) is 5.96 Å². The third-order valence-electron chi connectivity index (χ3n) is 4.72. The van der Waals surface area contributed by atoms with Crippen molar-refractivity contribution in [3.8, 4) is 0 Å². The lowest BCUT2D eigenvalue weighted by Crippen LogP contribution is -2.62. The molecule has 7 nitrogen and oxygen atoms in total. The lowest BCUT2D eigenvalue weighted by atomic mass is 10.1. The molecular weight excluding hydrogens is 290 g/mol. The van der Waals surface area contributed by atoms with Gasteiger partial charge in [-0.1, -0.05) is 0 Å². The smallest absolute Gasteiger partial charge is 0.194 e. The summed E-state index contributed by atoms with van der Waals surface area (Å²) in [6.45, 7) is 10.7. The van der Waals surface area contributed by atoms with E-state index >= 15 is 0 Å². The van der Waals surface area contributed by atoms with E-state index in [4.69, 9.17) is 4.99 Å². The SMILES string of the molecule is CCNC(=NCC1CN2CCN1CC2)N(C)Cc1cnn(C)c1. The van der Waals surface area contributed by atoms with E-state index in [-0.39, 0.29) is 0 Å². The zero-order valence-electron chi connectivity index (χ0n) is 14.6. The Hall–Kier alpha value is -1.60. The third kappa shape index (κ3) is 4.03. The molecule has 4 heterocycles. The van der Waals surface area contributed by atoms with E-state index in [2.05, 4.69) is 45.3 Å². The van der Waals surface area contributed by atoms with Crippen molar-refractivity contribution in [2.45, 2.75) is 19.5 Å². The van der Waals surface area contributed by atoms with Crippen LogP contribution < -0.4 is 5.32 Å². The van der Waals surface area contributed by atoms with Crippen LogP contribution in [-0.2, 0) is 13.6 Å². The van der Waals surface area contributed by atoms with E-state index < -0.39 is 0 Å². The van der Waals surface area contributed by atoms with E-state index in [1.54, 1.807) is 0 Å². The zero-order valence-corrected chi connectivity index (χ0v) is 14.6. The monoisotopic (exact) mass is 319 g/mol. The van der Waals surface area contributed by atoms with E-state index in [9.17, 15) is 0 Å². The van der Waals surface area contributed by atoms with Crippen molar-refractivity contribution in [1.29, 1.82) is 0 Å². The fourth-order valence-electron chi connectivity index (χ4n) is 3.46. The summed E-state index contributed by atoms with van der Waals surface area (Å²) in [5.41, 5.74) is 1.20. The molecule has 3 fully saturated rings. The van der Waals surface area contributed by atoms with Gasteiger partial charge in [-0.05, 0) is 6.92 Å². The molecule has 128 valence electrons. The summed E-state index contributed by atoms with van der Waals surface area (Å²) in [7, 11) is 4.04. The highest BCUT2D eigenvalue weighted by molar-refractivity contribution is 5.79. The third-order valence-corrected chi connectivity index (χ3v) is 4.72. The van der Waals surface area contributed by atoms with Gasteiger partial charge >= 0.3 is 0 Å². The molecule has 7 heteroatoms. The molecule has 1 aromatic heterocycles. The number of piperazine rings is 3. The van der Waals surface area contributed by atoms with Gasteiger partial charge in [0.25, 0.3) is 0 Å². The van der Waals surface area contributed by atoms with Gasteiger partial charge in [0.1, 0.15) is 0 Å². The Morgan fingerprint density at radius 2 is 2.17 bits per heavy atom. The van der Waals surface area contributed by atoms with Crippen LogP contribution in [0.15, 0.2) is 17.4 Å². The Balaban J connectivity index is 1.60. The van der Waals surface area contributed by atoms with Gasteiger partial charge in [0.2, 0.25) is 0 Å². The Bertz CT molecular complexity index is 530. The topological polar surface area (TPSA) is 51.9 Å². The molecule has 1 atom stereocenters. The fraction of sp³-hybridized carbons (Fsp3) is 0.750. The second-order valence-electron chi connectivity index (χ2n) is 6.56. The zero-order chi connectivity index (χ0) is 16.2. The average molecular weight is 319 g/mol. The number of nitrogens with zero attached hydrogens (tertiary/aromatic N) is 6. The van der Waals surface area contributed by atoms with Crippen molar-refractivity contribution >= 4 is 5.96 Å². The number of hydrogen-bond acceptors (Lipinski definition) is 4. The van der Waals surface area contributed by atoms with Crippen LogP contribution >= 0.6 is 0 Å². The van der Waals surface area contributed by atoms with Crippen LogP contribution in [0.4, 0.5) is 0 Å². The number of rotatable bonds is 5. The summed E-state index contributed by atoms with van der Waals surface area (Å²) < 4.78 is 1.84. The number of guanidine groups is 1. The van der Waals surface area contributed by atoms with Gasteiger partial charge in [-0.25, -0.2) is 0 Å². The number of aryl methyl sites for hydroxylation is 1. The summed E-state index contributed by atoms with van der Waals surface area (Å²) in [5, 5.41) is 7.65. The molecule has 1 aromatic rings. The van der Waals surface area contributed by atoms with Gasteiger partial charge < -0.3 is 10.2 Å². The summed E-state index contributed by atoms with van der Waals surface area (Å²) in [6.07, 6.45) is 3.97. The second-order valence-corrected chi connectivity index (χ2v) is 6.56. The molecule has 0 amide bonds. The molecule has 3 aliphatic rings. The predicted octanol–water partition coefficient (Wildman–Crippen LogP) is -0.183. The van der Waals surface area contributed by atoms with Crippen molar-refractivity contribution in [2.24, 2.45) is 12.0 Å². The quantitative estimate of drug-likeness (QED) is 0.603. The summed E-state index contributed by atoms with van der Waals surface area (Å²) >= 11 is 0. The van der Waals surface area contributed by atoms with Crippen LogP contribution in [0.1, 0.15) is 12.5 Å². The first-order valence-electron chi connectivity index (χ1n) is 8.59. The van der Waals surface area contributed by atoms with Crippen molar-refractivity contribution in [3.63, 3.8) is 0 Å². The maximum absolute atomic E-state index is 4.89. The molecular formula is C16H29N7. The average Bonchev–Trinajstić information content (AvgIpc) is 2.97. The summed E-state index contributed by atoms with van der Waals surface area (Å²) in [5.74, 6) is 0.981. The first-order valence-corrected chi connectivity index (χ1v) is 8.59. The van der Waals surface area contributed by atoms with Crippen molar-refractivity contribution in [1.82, 2.24) is 29.8 Å². The van der Waals surface area contributed by atoms with E-state index in [0.717, 1.165) is 32.1 Å². The highest BCUT2D eigenvalue weighted by atomic mass is 15.4. The molecule has 2 bridgehead atoms. The van der Waals surface area contributed by atoms with Crippen LogP contribution in [-0.4, -0.2) is 89.3 Å². The Labute approximate surface area is 138 Å². The Morgan fingerprint density at radius 3 is 2.74 bits per heavy atom. The first kappa shape index (κ1) is 16.3. The molecule has 4 rings (SSSR count). The lowest BCUT2D eigenvalue weighted by Gasteiger charge is -2.47. The van der Waals surface area contributed by atoms with Crippen LogP contribution in [0.2, 0.25) is 0 Å². The minimum absolute atomic E-state index is 0.568. The van der Waals surface area contributed by atoms with Crippen LogP contribution in [0.3, 0.4) is 0 Å². The molecule has 3 saturated heterocycles. The fourth-order valence-corrected chi connectivity index (χ4v) is 3.46. The van der Waals surface area contributed by atoms with E-state index in [1.165, 1.54) is 31.7 Å². The van der Waals surface area contributed by atoms with Gasteiger partial charge in [0, 0.05) is 77.7 Å². The molecule has 3 aliphatic heterocycles. The molecule has 0 spiro atoms. The molecule has 0 aromatic carbocycles. The molecule has 23 heavy (non-hydrogen) atoms. The molecule has 0 radical (unpaired) electrons. The van der Waals surface area contributed by atoms with Gasteiger partial charge in [0.05, 0.1) is 12.7 Å². The normalized spacial score (nSPS) is 27.3. The highest BCUT2D eigenvalue weighted by Gasteiger charge is 2.31. The van der Waals surface area contributed by atoms with Gasteiger partial charge in [-0.2, -0.15) is 5.10 Å². The lowest BCUT2D eigenvalue weighted by molar-refractivity contribution is 0.0173. The minimum Gasteiger partial charge on any atom is -0.357 e. The maximum Gasteiger partial charge on any atom is 0.194 e. The maximum atomic E-state index is 4.89. The Kier molecular flexibility index (Phi) is 5.17. The predicted molar refractivity (Wildman–Crippen MR) is 92.5 cm³/mol. The number of aliphatic imine (C=N–C) groups is 1. The number of nitrogens with one attached hydrogen (secondary N) is 1. The molecule has 1 unspecified atom stereocenters. The summed E-state index contributed by atoms with van der Waals surface area (Å²) in [6, 6.07) is 0.568. The van der Waals surface area contributed by atoms with Crippen LogP contribution in [0.25, 0.3) is 0 Å². The Morgan fingerprint density at radius 1 is 1.39 bits per heavy atom. The van der Waals surface area contributed by atoms with Gasteiger partial charge in [-0.15, -0.1) is 0 Å². The first-order chi connectivity index (χ1) is 11.2. The van der Waals surface area contributed by atoms with Crippen molar-refractivity contribution < 1.29 is 0 Å². The number of fused-ring (bicyclic) bond motifs is 3. The second kappa shape index (κ2) is 7.31. The highest BCUT2D eigenvalue weighted by Crippen LogP contribution is 2.15. The van der Waals surface area contributed by atoms with Crippen LogP contribution in [0.5, 0.6) is 0 Å². The largest absolute Gasteiger partial charge is 0.357 e. The minimum atomic E-state index is 0.568. The van der Waals surface area contributed by atoms with Crippen molar-refractivity contribution in [3.05, 3.63) is 18.0 Å². The molecule has 1 N–H and O–H groups in total. The van der Waals surface area contributed by atoms with Crippen LogP contribution in [0, 0.1) is 0 Å².